The van der Waals surface area contributed by atoms with Gasteiger partial charge >= 0.3 is 12.1 Å². The molecule has 1 unspecified atom stereocenters. The number of nitrogens with zero attached hydrogens (tertiary/aromatic N) is 1. The third kappa shape index (κ3) is 5.43. The number of carbonyl (C=O) groups excluding carboxylic acids is 2. The third-order valence-electron chi connectivity index (χ3n) is 3.94. The van der Waals surface area contributed by atoms with Gasteiger partial charge in [0.15, 0.2) is 0 Å². The van der Waals surface area contributed by atoms with Crippen molar-refractivity contribution in [2.45, 2.75) is 56.8 Å². The lowest BCUT2D eigenvalue weighted by Crippen LogP contribution is -2.44. The van der Waals surface area contributed by atoms with E-state index in [0.29, 0.717) is 0 Å². The fraction of sp³-hybridized carbons (Fsp3) is 0.556. The van der Waals surface area contributed by atoms with Gasteiger partial charge in [-0.2, -0.15) is 8.42 Å². The van der Waals surface area contributed by atoms with Crippen molar-refractivity contribution in [1.29, 1.82) is 0 Å². The van der Waals surface area contributed by atoms with E-state index in [0.717, 1.165) is 10.5 Å². The molecule has 1 amide bonds. The highest BCUT2D eigenvalue weighted by molar-refractivity contribution is 7.86. The zero-order valence-electron chi connectivity index (χ0n) is 16.1. The molecule has 0 bridgehead atoms. The molecule has 0 aromatic heterocycles. The number of benzene rings is 1. The van der Waals surface area contributed by atoms with Crippen LogP contribution in [-0.2, 0) is 28.6 Å². The molecule has 150 valence electrons. The second-order valence-corrected chi connectivity index (χ2v) is 8.96. The molecule has 0 N–H and O–H groups in total. The van der Waals surface area contributed by atoms with Gasteiger partial charge in [0.25, 0.3) is 10.1 Å². The molecule has 8 nitrogen and oxygen atoms in total. The smallest absolute Gasteiger partial charge is 0.411 e. The predicted molar refractivity (Wildman–Crippen MR) is 96.6 cm³/mol. The fourth-order valence-corrected chi connectivity index (χ4v) is 3.77. The summed E-state index contributed by atoms with van der Waals surface area (Å²) in [6.45, 7) is 6.84. The van der Waals surface area contributed by atoms with Crippen molar-refractivity contribution in [2.24, 2.45) is 0 Å². The minimum atomic E-state index is -4.03. The maximum atomic E-state index is 12.5. The molecule has 1 saturated heterocycles. The summed E-state index contributed by atoms with van der Waals surface area (Å²) in [5.41, 5.74) is 0.154. The Hall–Kier alpha value is -2.13. The Bertz CT molecular complexity index is 796. The summed E-state index contributed by atoms with van der Waals surface area (Å²) in [5.74, 6) is -0.653. The van der Waals surface area contributed by atoms with Crippen molar-refractivity contribution in [1.82, 2.24) is 4.90 Å². The highest BCUT2D eigenvalue weighted by Gasteiger charge is 2.44. The average molecular weight is 399 g/mol. The van der Waals surface area contributed by atoms with Crippen LogP contribution in [0.2, 0.25) is 0 Å². The van der Waals surface area contributed by atoms with Gasteiger partial charge in [-0.15, -0.1) is 0 Å². The summed E-state index contributed by atoms with van der Waals surface area (Å²) in [4.78, 5) is 25.6. The van der Waals surface area contributed by atoms with Crippen LogP contribution in [0.15, 0.2) is 29.2 Å². The number of esters is 1. The molecular formula is C18H25NO7S. The van der Waals surface area contributed by atoms with Gasteiger partial charge in [-0.05, 0) is 39.8 Å². The standard InChI is InChI=1S/C18H25NO7S/c1-12-6-8-14(9-7-12)27(22,23)26-13-10-15(16(20)24-5)19(11-13)17(21)25-18(2,3)4/h6-9,13,15H,10-11H2,1-5H3/t13-,15?/m0/s1. The molecule has 0 spiro atoms. The molecule has 1 aromatic carbocycles. The molecule has 27 heavy (non-hydrogen) atoms. The van der Waals surface area contributed by atoms with E-state index >= 15 is 0 Å². The maximum absolute atomic E-state index is 12.5. The molecule has 1 fully saturated rings. The van der Waals surface area contributed by atoms with Crippen molar-refractivity contribution < 1.29 is 31.7 Å². The van der Waals surface area contributed by atoms with E-state index in [4.69, 9.17) is 13.7 Å². The topological polar surface area (TPSA) is 99.2 Å². The van der Waals surface area contributed by atoms with Crippen LogP contribution in [0.3, 0.4) is 0 Å². The van der Waals surface area contributed by atoms with E-state index in [1.807, 2.05) is 6.92 Å². The summed E-state index contributed by atoms with van der Waals surface area (Å²) in [5, 5.41) is 0. The van der Waals surface area contributed by atoms with Crippen LogP contribution < -0.4 is 0 Å². The Morgan fingerprint density at radius 1 is 1.15 bits per heavy atom. The Balaban J connectivity index is 2.18. The molecule has 1 heterocycles. The van der Waals surface area contributed by atoms with Crippen LogP contribution in [0.4, 0.5) is 4.79 Å². The molecule has 0 radical (unpaired) electrons. The van der Waals surface area contributed by atoms with Crippen molar-refractivity contribution in [3.05, 3.63) is 29.8 Å². The Kier molecular flexibility index (Phi) is 6.16. The first-order valence-electron chi connectivity index (χ1n) is 8.50. The number of hydrogen-bond donors (Lipinski definition) is 0. The van der Waals surface area contributed by atoms with Crippen LogP contribution >= 0.6 is 0 Å². The van der Waals surface area contributed by atoms with E-state index in [2.05, 4.69) is 0 Å². The molecule has 1 aliphatic heterocycles. The van der Waals surface area contributed by atoms with Gasteiger partial charge in [-0.25, -0.2) is 9.59 Å². The lowest BCUT2D eigenvalue weighted by atomic mass is 10.2. The third-order valence-corrected chi connectivity index (χ3v) is 5.31. The summed E-state index contributed by atoms with van der Waals surface area (Å²) >= 11 is 0. The number of ether oxygens (including phenoxy) is 2. The molecule has 9 heteroatoms. The minimum absolute atomic E-state index is 0.00297. The number of amides is 1. The number of carbonyl (C=O) groups is 2. The van der Waals surface area contributed by atoms with Gasteiger partial charge in [0.1, 0.15) is 11.6 Å². The number of rotatable bonds is 4. The second-order valence-electron chi connectivity index (χ2n) is 7.39. The molecule has 0 saturated carbocycles. The van der Waals surface area contributed by atoms with Crippen molar-refractivity contribution in [3.8, 4) is 0 Å². The molecular weight excluding hydrogens is 374 g/mol. The first-order chi connectivity index (χ1) is 12.4. The van der Waals surface area contributed by atoms with Crippen LogP contribution in [0.5, 0.6) is 0 Å². The highest BCUT2D eigenvalue weighted by Crippen LogP contribution is 2.27. The highest BCUT2D eigenvalue weighted by atomic mass is 32.2. The Morgan fingerprint density at radius 3 is 2.26 bits per heavy atom. The number of methoxy groups -OCH3 is 1. The van der Waals surface area contributed by atoms with E-state index in [1.165, 1.54) is 19.2 Å². The van der Waals surface area contributed by atoms with E-state index < -0.39 is 39.9 Å². The van der Waals surface area contributed by atoms with Crippen LogP contribution in [0.1, 0.15) is 32.8 Å². The molecule has 1 aliphatic rings. The van der Waals surface area contributed by atoms with Gasteiger partial charge in [0.05, 0.1) is 24.7 Å². The van der Waals surface area contributed by atoms with Crippen molar-refractivity contribution in [3.63, 3.8) is 0 Å². The second kappa shape index (κ2) is 7.85. The van der Waals surface area contributed by atoms with E-state index in [1.54, 1.807) is 32.9 Å². The summed E-state index contributed by atoms with van der Waals surface area (Å²) in [7, 11) is -2.83. The quantitative estimate of drug-likeness (QED) is 0.565. The van der Waals surface area contributed by atoms with Gasteiger partial charge < -0.3 is 9.47 Å². The zero-order chi connectivity index (χ0) is 20.4. The lowest BCUT2D eigenvalue weighted by molar-refractivity contribution is -0.145. The van der Waals surface area contributed by atoms with Gasteiger partial charge in [0, 0.05) is 6.42 Å². The molecule has 2 atom stereocenters. The Labute approximate surface area is 159 Å². The monoisotopic (exact) mass is 399 g/mol. The SMILES string of the molecule is COC(=O)C1C[C@H](OS(=O)(=O)c2ccc(C)cc2)CN1C(=O)OC(C)(C)C. The van der Waals surface area contributed by atoms with E-state index in [9.17, 15) is 18.0 Å². The number of hydrogen-bond acceptors (Lipinski definition) is 7. The number of likely N-dealkylation sites (tertiary alicyclic amines) is 1. The van der Waals surface area contributed by atoms with Crippen molar-refractivity contribution >= 4 is 22.2 Å². The fourth-order valence-electron chi connectivity index (χ4n) is 2.69. The first kappa shape index (κ1) is 21.2. The van der Waals surface area contributed by atoms with Crippen LogP contribution in [0.25, 0.3) is 0 Å². The van der Waals surface area contributed by atoms with Gasteiger partial charge in [-0.3, -0.25) is 9.08 Å². The van der Waals surface area contributed by atoms with Gasteiger partial charge in [0.2, 0.25) is 0 Å². The summed E-state index contributed by atoms with van der Waals surface area (Å²) < 4.78 is 40.3. The van der Waals surface area contributed by atoms with Crippen LogP contribution in [-0.4, -0.2) is 56.8 Å². The molecule has 1 aromatic rings. The average Bonchev–Trinajstić information content (AvgIpc) is 2.96. The van der Waals surface area contributed by atoms with Crippen LogP contribution in [0, 0.1) is 6.92 Å². The predicted octanol–water partition coefficient (Wildman–Crippen LogP) is 2.25. The maximum Gasteiger partial charge on any atom is 0.411 e. The Morgan fingerprint density at radius 2 is 1.74 bits per heavy atom. The molecule has 0 aliphatic carbocycles. The van der Waals surface area contributed by atoms with E-state index in [-0.39, 0.29) is 17.9 Å². The molecule has 2 rings (SSSR count). The lowest BCUT2D eigenvalue weighted by Gasteiger charge is -2.27. The van der Waals surface area contributed by atoms with Crippen molar-refractivity contribution in [2.75, 3.05) is 13.7 Å². The largest absolute Gasteiger partial charge is 0.467 e. The normalized spacial score (nSPS) is 20.4. The summed E-state index contributed by atoms with van der Waals surface area (Å²) in [6.07, 6.45) is -1.61. The minimum Gasteiger partial charge on any atom is -0.467 e. The summed E-state index contributed by atoms with van der Waals surface area (Å²) in [6, 6.07) is 5.25. The first-order valence-corrected chi connectivity index (χ1v) is 9.91. The zero-order valence-corrected chi connectivity index (χ0v) is 16.9. The number of aryl methyl sites for hydroxylation is 1. The van der Waals surface area contributed by atoms with Gasteiger partial charge in [-0.1, -0.05) is 17.7 Å².